The van der Waals surface area contributed by atoms with Crippen LogP contribution in [0.15, 0.2) is 0 Å². The number of nitrogens with zero attached hydrogens (tertiary/aromatic N) is 1. The molecule has 1 fully saturated rings. The van der Waals surface area contributed by atoms with Gasteiger partial charge in [-0.3, -0.25) is 19.3 Å². The monoisotopic (exact) mass is 215 g/mol. The summed E-state index contributed by atoms with van der Waals surface area (Å²) in [5, 5.41) is -1.07. The minimum Gasteiger partial charge on any atom is -0.275 e. The molecule has 1 aliphatic heterocycles. The molecule has 0 N–H and O–H groups in total. The number of imide groups is 1. The van der Waals surface area contributed by atoms with E-state index in [1.54, 1.807) is 0 Å². The third kappa shape index (κ3) is 2.57. The fraction of sp³-hybridized carbons (Fsp3) is 0.667. The van der Waals surface area contributed by atoms with Crippen molar-refractivity contribution in [1.29, 1.82) is 0 Å². The van der Waals surface area contributed by atoms with Crippen LogP contribution >= 0.6 is 11.8 Å². The molecule has 14 heavy (non-hydrogen) atoms. The molecule has 0 saturated carbocycles. The lowest BCUT2D eigenvalue weighted by atomic mass is 10.2. The van der Waals surface area contributed by atoms with E-state index in [1.807, 2.05) is 0 Å². The minimum absolute atomic E-state index is 0.385. The smallest absolute Gasteiger partial charge is 0.275 e. The number of carbonyl (C=O) groups excluding carboxylic acids is 3. The van der Waals surface area contributed by atoms with Gasteiger partial charge in [-0.1, -0.05) is 26.2 Å². The molecular weight excluding hydrogens is 202 g/mol. The van der Waals surface area contributed by atoms with Gasteiger partial charge in [-0.25, -0.2) is 0 Å². The van der Waals surface area contributed by atoms with Gasteiger partial charge >= 0.3 is 5.91 Å². The molecule has 0 aromatic heterocycles. The number of hydrogen-bond donors (Lipinski definition) is 0. The highest BCUT2D eigenvalue weighted by Crippen LogP contribution is 2.21. The van der Waals surface area contributed by atoms with Crippen LogP contribution in [-0.4, -0.2) is 27.7 Å². The zero-order valence-corrected chi connectivity index (χ0v) is 8.93. The predicted octanol–water partition coefficient (Wildman–Crippen LogP) is 1.79. The quantitative estimate of drug-likeness (QED) is 0.518. The van der Waals surface area contributed by atoms with Gasteiger partial charge < -0.3 is 0 Å². The molecule has 1 aliphatic rings. The Morgan fingerprint density at radius 3 is 2.36 bits per heavy atom. The average Bonchev–Trinajstić information content (AvgIpc) is 2.38. The van der Waals surface area contributed by atoms with E-state index in [0.29, 0.717) is 18.3 Å². The highest BCUT2D eigenvalue weighted by atomic mass is 32.2. The van der Waals surface area contributed by atoms with Crippen LogP contribution in [0.1, 0.15) is 32.6 Å². The molecule has 1 heterocycles. The van der Waals surface area contributed by atoms with E-state index >= 15 is 0 Å². The van der Waals surface area contributed by atoms with Crippen LogP contribution in [0.25, 0.3) is 0 Å². The molecule has 0 radical (unpaired) electrons. The largest absolute Gasteiger partial charge is 0.309 e. The number of unbranched alkanes of at least 4 members (excludes halogenated alkanes) is 3. The summed E-state index contributed by atoms with van der Waals surface area (Å²) in [6.07, 6.45) is 3.98. The van der Waals surface area contributed by atoms with Crippen LogP contribution in [0, 0.1) is 0 Å². The van der Waals surface area contributed by atoms with E-state index < -0.39 is 16.3 Å². The molecule has 2 amide bonds. The Morgan fingerprint density at radius 1 is 1.14 bits per heavy atom. The van der Waals surface area contributed by atoms with Gasteiger partial charge in [-0.15, -0.1) is 0 Å². The Morgan fingerprint density at radius 2 is 1.86 bits per heavy atom. The van der Waals surface area contributed by atoms with Gasteiger partial charge in [0.15, 0.2) is 0 Å². The van der Waals surface area contributed by atoms with Crippen molar-refractivity contribution in [2.24, 2.45) is 0 Å². The fourth-order valence-corrected chi connectivity index (χ4v) is 1.90. The van der Waals surface area contributed by atoms with E-state index in [0.717, 1.165) is 30.6 Å². The van der Waals surface area contributed by atoms with Crippen molar-refractivity contribution in [2.45, 2.75) is 32.6 Å². The molecule has 78 valence electrons. The van der Waals surface area contributed by atoms with Crippen LogP contribution in [0.3, 0.4) is 0 Å². The number of thioether (sulfide) groups is 1. The highest BCUT2D eigenvalue weighted by molar-refractivity contribution is 8.28. The van der Waals surface area contributed by atoms with E-state index in [4.69, 9.17) is 0 Å². The van der Waals surface area contributed by atoms with Crippen molar-refractivity contribution in [3.63, 3.8) is 0 Å². The third-order valence-electron chi connectivity index (χ3n) is 2.06. The minimum atomic E-state index is -0.656. The maximum absolute atomic E-state index is 11.1. The Hall–Kier alpha value is -0.840. The first-order valence-electron chi connectivity index (χ1n) is 4.74. The fourth-order valence-electron chi connectivity index (χ4n) is 1.26. The second-order valence-electron chi connectivity index (χ2n) is 3.17. The summed E-state index contributed by atoms with van der Waals surface area (Å²) in [6.45, 7) is 2.47. The highest BCUT2D eigenvalue weighted by Gasteiger charge is 2.37. The molecule has 0 bridgehead atoms. The molecule has 0 spiro atoms. The molecule has 0 unspecified atom stereocenters. The van der Waals surface area contributed by atoms with Gasteiger partial charge in [0.2, 0.25) is 0 Å². The standard InChI is InChI=1S/C9H13NO3S/c1-2-3-4-5-6-10-7(11)8(12)14-9(10)13/h2-6H2,1H3. The van der Waals surface area contributed by atoms with Gasteiger partial charge in [0, 0.05) is 18.3 Å². The predicted molar refractivity (Wildman–Crippen MR) is 53.8 cm³/mol. The van der Waals surface area contributed by atoms with Gasteiger partial charge in [-0.05, 0) is 6.42 Å². The Kier molecular flexibility index (Phi) is 4.13. The first-order chi connectivity index (χ1) is 6.66. The van der Waals surface area contributed by atoms with E-state index in [9.17, 15) is 14.4 Å². The second kappa shape index (κ2) is 5.14. The van der Waals surface area contributed by atoms with Gasteiger partial charge in [0.25, 0.3) is 10.4 Å². The average molecular weight is 215 g/mol. The number of hydrogen-bond acceptors (Lipinski definition) is 4. The van der Waals surface area contributed by atoms with Crippen molar-refractivity contribution in [3.05, 3.63) is 0 Å². The van der Waals surface area contributed by atoms with Crippen molar-refractivity contribution in [3.8, 4) is 0 Å². The molecule has 0 aliphatic carbocycles. The van der Waals surface area contributed by atoms with Crippen LogP contribution in [0.5, 0.6) is 0 Å². The molecular formula is C9H13NO3S. The van der Waals surface area contributed by atoms with Crippen LogP contribution in [0.4, 0.5) is 4.79 Å². The SMILES string of the molecule is CCCCCCN1C(=O)SC(=O)C1=O. The molecule has 0 aromatic carbocycles. The number of amides is 2. The van der Waals surface area contributed by atoms with Crippen molar-refractivity contribution >= 4 is 28.0 Å². The second-order valence-corrected chi connectivity index (χ2v) is 4.10. The zero-order chi connectivity index (χ0) is 10.6. The van der Waals surface area contributed by atoms with E-state index in [-0.39, 0.29) is 0 Å². The summed E-state index contributed by atoms with van der Waals surface area (Å²) < 4.78 is 0. The molecule has 1 saturated heterocycles. The molecule has 1 rings (SSSR count). The lowest BCUT2D eigenvalue weighted by Gasteiger charge is -2.10. The van der Waals surface area contributed by atoms with Crippen LogP contribution in [-0.2, 0) is 9.59 Å². The molecule has 0 atom stereocenters. The number of rotatable bonds is 5. The van der Waals surface area contributed by atoms with E-state index in [1.165, 1.54) is 0 Å². The molecule has 5 heteroatoms. The van der Waals surface area contributed by atoms with Gasteiger partial charge in [0.05, 0.1) is 0 Å². The first-order valence-corrected chi connectivity index (χ1v) is 5.56. The van der Waals surface area contributed by atoms with Crippen molar-refractivity contribution < 1.29 is 14.4 Å². The maximum Gasteiger partial charge on any atom is 0.309 e. The maximum atomic E-state index is 11.1. The summed E-state index contributed by atoms with van der Waals surface area (Å²) in [5.41, 5.74) is 0. The van der Waals surface area contributed by atoms with E-state index in [2.05, 4.69) is 6.92 Å². The summed E-state index contributed by atoms with van der Waals surface area (Å²) in [6, 6.07) is 0. The molecule has 0 aromatic rings. The third-order valence-corrected chi connectivity index (χ3v) is 2.81. The summed E-state index contributed by atoms with van der Waals surface area (Å²) in [7, 11) is 0. The molecule has 4 nitrogen and oxygen atoms in total. The van der Waals surface area contributed by atoms with Gasteiger partial charge in [-0.2, -0.15) is 0 Å². The first kappa shape index (κ1) is 11.2. The Bertz CT molecular complexity index is 265. The Labute approximate surface area is 87.0 Å². The Balaban J connectivity index is 2.33. The van der Waals surface area contributed by atoms with Crippen LogP contribution in [0.2, 0.25) is 0 Å². The summed E-state index contributed by atoms with van der Waals surface area (Å²) >= 11 is 0.499. The van der Waals surface area contributed by atoms with Crippen molar-refractivity contribution in [2.75, 3.05) is 6.54 Å². The van der Waals surface area contributed by atoms with Gasteiger partial charge in [0.1, 0.15) is 0 Å². The van der Waals surface area contributed by atoms with Crippen molar-refractivity contribution in [1.82, 2.24) is 4.90 Å². The summed E-state index contributed by atoms with van der Waals surface area (Å²) in [5.74, 6) is -0.656. The lowest BCUT2D eigenvalue weighted by molar-refractivity contribution is -0.137. The van der Waals surface area contributed by atoms with Crippen LogP contribution < -0.4 is 0 Å². The number of carbonyl (C=O) groups is 3. The topological polar surface area (TPSA) is 54.5 Å². The summed E-state index contributed by atoms with van der Waals surface area (Å²) in [4.78, 5) is 34.1. The lowest BCUT2D eigenvalue weighted by Crippen LogP contribution is -2.30. The normalized spacial score (nSPS) is 16.9. The zero-order valence-electron chi connectivity index (χ0n) is 8.12.